The molecule has 2 atom stereocenters. The van der Waals surface area contributed by atoms with Crippen molar-refractivity contribution in [1.29, 1.82) is 0 Å². The van der Waals surface area contributed by atoms with E-state index in [0.717, 1.165) is 13.8 Å². The molecule has 18 heavy (non-hydrogen) atoms. The number of rotatable bonds is 7. The minimum absolute atomic E-state index is 0.0879. The average Bonchev–Trinajstić information content (AvgIpc) is 2.13. The van der Waals surface area contributed by atoms with Crippen molar-refractivity contribution in [3.05, 3.63) is 0 Å². The largest absolute Gasteiger partial charge is 0.481 e. The van der Waals surface area contributed by atoms with Crippen LogP contribution in [0, 0.1) is 5.92 Å². The van der Waals surface area contributed by atoms with Gasteiger partial charge in [0.1, 0.15) is 11.4 Å². The van der Waals surface area contributed by atoms with Crippen LogP contribution in [0.1, 0.15) is 33.6 Å². The summed E-state index contributed by atoms with van der Waals surface area (Å²) >= 11 is 0. The Morgan fingerprint density at radius 2 is 1.67 bits per heavy atom. The van der Waals surface area contributed by atoms with E-state index in [1.807, 2.05) is 0 Å². The molecule has 0 radical (unpaired) electrons. The number of carboxylic acids is 2. The molecule has 0 aromatic rings. The number of ether oxygens (including phenoxy) is 1. The topological polar surface area (TPSA) is 118 Å². The van der Waals surface area contributed by atoms with Gasteiger partial charge in [0, 0.05) is 6.92 Å². The van der Waals surface area contributed by atoms with Gasteiger partial charge in [-0.1, -0.05) is 6.92 Å². The molecular weight excluding hydrogens is 244 g/mol. The van der Waals surface area contributed by atoms with E-state index >= 15 is 0 Å². The lowest BCUT2D eigenvalue weighted by Crippen LogP contribution is -2.50. The molecule has 0 amide bonds. The van der Waals surface area contributed by atoms with Crippen molar-refractivity contribution in [2.75, 3.05) is 0 Å². The van der Waals surface area contributed by atoms with Crippen LogP contribution >= 0.6 is 0 Å². The normalized spacial score (nSPS) is 15.3. The van der Waals surface area contributed by atoms with Crippen molar-refractivity contribution in [3.63, 3.8) is 0 Å². The minimum atomic E-state index is -1.85. The second kappa shape index (κ2) is 6.13. The number of hydrogen-bond donors (Lipinski definition) is 2. The van der Waals surface area contributed by atoms with Crippen molar-refractivity contribution in [3.8, 4) is 0 Å². The van der Waals surface area contributed by atoms with Crippen LogP contribution in [0.15, 0.2) is 0 Å². The fourth-order valence-corrected chi connectivity index (χ4v) is 1.91. The number of carbonyl (C=O) groups is 4. The molecule has 1 unspecified atom stereocenters. The van der Waals surface area contributed by atoms with E-state index in [9.17, 15) is 19.2 Å². The molecule has 0 aromatic carbocycles. The summed E-state index contributed by atoms with van der Waals surface area (Å²) in [6.07, 6.45) is -0.824. The quantitative estimate of drug-likeness (QED) is 0.504. The summed E-state index contributed by atoms with van der Waals surface area (Å²) in [6, 6.07) is 0. The van der Waals surface area contributed by atoms with Gasteiger partial charge < -0.3 is 14.9 Å². The molecular formula is C11H16O7. The Labute approximate surface area is 104 Å². The van der Waals surface area contributed by atoms with E-state index in [0.29, 0.717) is 0 Å². The molecule has 7 nitrogen and oxygen atoms in total. The van der Waals surface area contributed by atoms with Gasteiger partial charge in [-0.15, -0.1) is 0 Å². The van der Waals surface area contributed by atoms with Crippen LogP contribution in [-0.4, -0.2) is 39.5 Å². The van der Waals surface area contributed by atoms with E-state index in [-0.39, 0.29) is 6.42 Å². The molecule has 0 bridgehead atoms. The van der Waals surface area contributed by atoms with Crippen LogP contribution in [0.2, 0.25) is 0 Å². The maximum atomic E-state index is 11.4. The van der Waals surface area contributed by atoms with Crippen LogP contribution in [-0.2, 0) is 23.9 Å². The Hall–Kier alpha value is -1.92. The molecule has 102 valence electrons. The molecule has 0 saturated heterocycles. The number of esters is 1. The number of aliphatic carboxylic acids is 2. The Bertz CT molecular complexity index is 342. The highest BCUT2D eigenvalue weighted by Crippen LogP contribution is 2.31. The fourth-order valence-electron chi connectivity index (χ4n) is 1.91. The highest BCUT2D eigenvalue weighted by atomic mass is 16.6. The Balaban J connectivity index is 5.63. The van der Waals surface area contributed by atoms with Crippen LogP contribution < -0.4 is 0 Å². The molecule has 0 aliphatic heterocycles. The van der Waals surface area contributed by atoms with Gasteiger partial charge in [-0.05, 0) is 13.3 Å². The van der Waals surface area contributed by atoms with Crippen molar-refractivity contribution in [1.82, 2.24) is 0 Å². The summed E-state index contributed by atoms with van der Waals surface area (Å²) in [6.45, 7) is 3.52. The highest BCUT2D eigenvalue weighted by molar-refractivity contribution is 5.99. The lowest BCUT2D eigenvalue weighted by molar-refractivity contribution is -0.178. The number of carbonyl (C=O) groups excluding carboxylic acids is 2. The van der Waals surface area contributed by atoms with E-state index < -0.39 is 41.6 Å². The van der Waals surface area contributed by atoms with Crippen LogP contribution in [0.5, 0.6) is 0 Å². The zero-order valence-electron chi connectivity index (χ0n) is 10.4. The van der Waals surface area contributed by atoms with E-state index in [1.54, 1.807) is 0 Å². The lowest BCUT2D eigenvalue weighted by atomic mass is 9.79. The lowest BCUT2D eigenvalue weighted by Gasteiger charge is -2.34. The van der Waals surface area contributed by atoms with Gasteiger partial charge in [-0.25, -0.2) is 0 Å². The zero-order chi connectivity index (χ0) is 14.5. The van der Waals surface area contributed by atoms with Gasteiger partial charge in [0.2, 0.25) is 0 Å². The number of ketones is 1. The molecule has 0 aliphatic rings. The summed E-state index contributed by atoms with van der Waals surface area (Å²) < 4.78 is 4.86. The Morgan fingerprint density at radius 1 is 1.17 bits per heavy atom. The first kappa shape index (κ1) is 16.1. The second-order valence-electron chi connectivity index (χ2n) is 3.96. The van der Waals surface area contributed by atoms with E-state index in [4.69, 9.17) is 14.9 Å². The molecule has 2 N–H and O–H groups in total. The van der Waals surface area contributed by atoms with Gasteiger partial charge in [0.05, 0.1) is 6.42 Å². The van der Waals surface area contributed by atoms with Crippen molar-refractivity contribution in [2.24, 2.45) is 5.92 Å². The van der Waals surface area contributed by atoms with Gasteiger partial charge in [0.25, 0.3) is 0 Å². The molecule has 0 heterocycles. The molecule has 0 aromatic heterocycles. The summed E-state index contributed by atoms with van der Waals surface area (Å²) in [4.78, 5) is 44.3. The minimum Gasteiger partial charge on any atom is -0.481 e. The molecule has 0 spiro atoms. The van der Waals surface area contributed by atoms with Gasteiger partial charge in [-0.2, -0.15) is 0 Å². The number of carboxylic acid groups (broad SMARTS) is 2. The standard InChI is InChI=1S/C11H16O7/c1-4-11(5-8(14)15,18-7(3)13)9(6(2)12)10(16)17/h9H,4-5H2,1-3H3,(H,14,15)(H,16,17)/t9?,11-/m1/s1. The molecule has 0 rings (SSSR count). The van der Waals surface area contributed by atoms with Gasteiger partial charge in [-0.3, -0.25) is 19.2 Å². The molecule has 0 aliphatic carbocycles. The average molecular weight is 260 g/mol. The Kier molecular flexibility index (Phi) is 5.48. The summed E-state index contributed by atoms with van der Waals surface area (Å²) in [7, 11) is 0. The maximum Gasteiger partial charge on any atom is 0.318 e. The van der Waals surface area contributed by atoms with Gasteiger partial charge in [0.15, 0.2) is 5.92 Å². The van der Waals surface area contributed by atoms with Crippen LogP contribution in [0.25, 0.3) is 0 Å². The first-order chi connectivity index (χ1) is 8.16. The van der Waals surface area contributed by atoms with Crippen LogP contribution in [0.3, 0.4) is 0 Å². The number of Topliss-reactive ketones (excluding diaryl/α,β-unsaturated/α-hetero) is 1. The third kappa shape index (κ3) is 3.83. The molecule has 0 fully saturated rings. The van der Waals surface area contributed by atoms with Crippen molar-refractivity contribution >= 4 is 23.7 Å². The summed E-state index contributed by atoms with van der Waals surface area (Å²) in [5, 5.41) is 17.8. The third-order valence-electron chi connectivity index (χ3n) is 2.58. The highest BCUT2D eigenvalue weighted by Gasteiger charge is 2.49. The smallest absolute Gasteiger partial charge is 0.318 e. The Morgan fingerprint density at radius 3 is 1.89 bits per heavy atom. The fraction of sp³-hybridized carbons (Fsp3) is 0.636. The monoisotopic (exact) mass is 260 g/mol. The van der Waals surface area contributed by atoms with Crippen LogP contribution in [0.4, 0.5) is 0 Å². The first-order valence-electron chi connectivity index (χ1n) is 5.31. The molecule has 0 saturated carbocycles. The molecule has 7 heteroatoms. The maximum absolute atomic E-state index is 11.4. The van der Waals surface area contributed by atoms with E-state index in [2.05, 4.69) is 0 Å². The first-order valence-corrected chi connectivity index (χ1v) is 5.31. The van der Waals surface area contributed by atoms with Crippen molar-refractivity contribution < 1.29 is 34.1 Å². The van der Waals surface area contributed by atoms with Gasteiger partial charge >= 0.3 is 17.9 Å². The second-order valence-corrected chi connectivity index (χ2v) is 3.96. The van der Waals surface area contributed by atoms with E-state index in [1.165, 1.54) is 6.92 Å². The zero-order valence-corrected chi connectivity index (χ0v) is 10.4. The number of hydrogen-bond acceptors (Lipinski definition) is 5. The summed E-state index contributed by atoms with van der Waals surface area (Å²) in [5.41, 5.74) is -1.85. The predicted octanol–water partition coefficient (Wildman–Crippen LogP) is 0.463. The third-order valence-corrected chi connectivity index (χ3v) is 2.58. The SMILES string of the molecule is CC[C@](CC(=O)O)(OC(C)=O)C(C(C)=O)C(=O)O. The van der Waals surface area contributed by atoms with Crippen molar-refractivity contribution in [2.45, 2.75) is 39.2 Å². The summed E-state index contributed by atoms with van der Waals surface area (Å²) in [5.74, 6) is -6.13. The predicted molar refractivity (Wildman–Crippen MR) is 58.8 cm³/mol.